The Kier molecular flexibility index (Phi) is 5.12. The minimum Gasteiger partial charge on any atom is -0.400 e. The molecule has 1 aromatic heterocycles. The van der Waals surface area contributed by atoms with E-state index in [9.17, 15) is 10.1 Å². The summed E-state index contributed by atoms with van der Waals surface area (Å²) in [5.41, 5.74) is 0.702. The molecule has 0 aromatic carbocycles. The van der Waals surface area contributed by atoms with Crippen molar-refractivity contribution in [1.82, 2.24) is 10.3 Å². The molecule has 1 aromatic rings. The van der Waals surface area contributed by atoms with Crippen molar-refractivity contribution < 1.29 is 14.1 Å². The monoisotopic (exact) mass is 327 g/mol. The van der Waals surface area contributed by atoms with Crippen LogP contribution in [0.4, 0.5) is 0 Å². The van der Waals surface area contributed by atoms with Crippen LogP contribution in [-0.2, 0) is 14.1 Å². The SMILES string of the molecule is CC(=O)NCC(=Cc1ncccc1C#N)B1OC(C)(C)C(C)(C)O1. The average Bonchev–Trinajstić information content (AvgIpc) is 2.71. The van der Waals surface area contributed by atoms with Gasteiger partial charge in [-0.05, 0) is 51.4 Å². The van der Waals surface area contributed by atoms with Crippen LogP contribution in [0.1, 0.15) is 45.9 Å². The van der Waals surface area contributed by atoms with E-state index in [4.69, 9.17) is 9.31 Å². The Morgan fingerprint density at radius 2 is 2.00 bits per heavy atom. The van der Waals surface area contributed by atoms with E-state index in [0.717, 1.165) is 0 Å². The number of carbonyl (C=O) groups excluding carboxylic acids is 1. The molecule has 0 saturated carbocycles. The summed E-state index contributed by atoms with van der Waals surface area (Å²) in [5.74, 6) is -0.154. The first kappa shape index (κ1) is 18.2. The van der Waals surface area contributed by atoms with Gasteiger partial charge in [-0.3, -0.25) is 9.78 Å². The maximum Gasteiger partial charge on any atom is 0.492 e. The summed E-state index contributed by atoms with van der Waals surface area (Å²) in [7, 11) is -0.615. The van der Waals surface area contributed by atoms with Crippen molar-refractivity contribution in [1.29, 1.82) is 5.26 Å². The van der Waals surface area contributed by atoms with Gasteiger partial charge in [0, 0.05) is 19.7 Å². The lowest BCUT2D eigenvalue weighted by molar-refractivity contribution is -0.118. The van der Waals surface area contributed by atoms with E-state index in [-0.39, 0.29) is 12.5 Å². The molecule has 0 aliphatic carbocycles. The summed E-state index contributed by atoms with van der Waals surface area (Å²) in [6.07, 6.45) is 3.36. The molecule has 0 radical (unpaired) electrons. The third-order valence-electron chi connectivity index (χ3n) is 4.38. The number of hydrogen-bond donors (Lipinski definition) is 1. The minimum absolute atomic E-state index is 0.154. The highest BCUT2D eigenvalue weighted by Crippen LogP contribution is 2.38. The fraction of sp³-hybridized carbons (Fsp3) is 0.471. The Hall–Kier alpha value is -2.17. The standard InChI is InChI=1S/C17H22BN3O3/c1-12(22)21-11-14(9-15-13(10-19)7-6-8-20-15)18-23-16(2,3)17(4,5)24-18/h6-9H,11H2,1-5H3,(H,21,22). The van der Waals surface area contributed by atoms with Crippen LogP contribution in [-0.4, -0.2) is 35.8 Å². The summed E-state index contributed by atoms with van der Waals surface area (Å²) in [5, 5.41) is 12.0. The van der Waals surface area contributed by atoms with Gasteiger partial charge in [-0.15, -0.1) is 0 Å². The number of carbonyl (C=O) groups is 1. The summed E-state index contributed by atoms with van der Waals surface area (Å²) in [6, 6.07) is 5.51. The Balaban J connectivity index is 2.38. The first-order valence-electron chi connectivity index (χ1n) is 7.82. The topological polar surface area (TPSA) is 84.2 Å². The molecule has 1 fully saturated rings. The summed E-state index contributed by atoms with van der Waals surface area (Å²) >= 11 is 0. The molecule has 0 atom stereocenters. The molecule has 1 aliphatic rings. The summed E-state index contributed by atoms with van der Waals surface area (Å²) < 4.78 is 12.1. The molecule has 1 amide bonds. The van der Waals surface area contributed by atoms with Crippen molar-refractivity contribution in [2.45, 2.75) is 45.8 Å². The maximum atomic E-state index is 11.3. The van der Waals surface area contributed by atoms with E-state index in [0.29, 0.717) is 16.7 Å². The zero-order chi connectivity index (χ0) is 18.0. The number of aromatic nitrogens is 1. The molecule has 2 rings (SSSR count). The Morgan fingerprint density at radius 3 is 2.54 bits per heavy atom. The Labute approximate surface area is 143 Å². The lowest BCUT2D eigenvalue weighted by Crippen LogP contribution is -2.41. The number of nitriles is 1. The van der Waals surface area contributed by atoms with Gasteiger partial charge in [-0.1, -0.05) is 0 Å². The number of nitrogens with one attached hydrogen (secondary N) is 1. The van der Waals surface area contributed by atoms with Crippen molar-refractivity contribution in [3.63, 3.8) is 0 Å². The highest BCUT2D eigenvalue weighted by molar-refractivity contribution is 6.56. The largest absolute Gasteiger partial charge is 0.492 e. The van der Waals surface area contributed by atoms with Crippen LogP contribution in [0.3, 0.4) is 0 Å². The molecule has 7 heteroatoms. The van der Waals surface area contributed by atoms with Gasteiger partial charge >= 0.3 is 7.12 Å². The third-order valence-corrected chi connectivity index (χ3v) is 4.38. The zero-order valence-corrected chi connectivity index (χ0v) is 14.7. The number of hydrogen-bond acceptors (Lipinski definition) is 5. The number of nitrogens with zero attached hydrogens (tertiary/aromatic N) is 2. The highest BCUT2D eigenvalue weighted by Gasteiger charge is 2.52. The fourth-order valence-corrected chi connectivity index (χ4v) is 2.23. The van der Waals surface area contributed by atoms with Gasteiger partial charge in [0.2, 0.25) is 5.91 Å². The second-order valence-corrected chi connectivity index (χ2v) is 6.77. The van der Waals surface area contributed by atoms with Crippen LogP contribution in [0.5, 0.6) is 0 Å². The smallest absolute Gasteiger partial charge is 0.400 e. The van der Waals surface area contributed by atoms with Gasteiger partial charge < -0.3 is 14.6 Å². The Morgan fingerprint density at radius 1 is 1.38 bits per heavy atom. The molecular weight excluding hydrogens is 305 g/mol. The van der Waals surface area contributed by atoms with Crippen molar-refractivity contribution in [3.05, 3.63) is 35.1 Å². The average molecular weight is 327 g/mol. The molecule has 6 nitrogen and oxygen atoms in total. The van der Waals surface area contributed by atoms with Crippen LogP contribution in [0.2, 0.25) is 0 Å². The van der Waals surface area contributed by atoms with Crippen molar-refractivity contribution in [3.8, 4) is 6.07 Å². The van der Waals surface area contributed by atoms with Crippen LogP contribution in [0, 0.1) is 11.3 Å². The number of rotatable bonds is 4. The predicted molar refractivity (Wildman–Crippen MR) is 91.7 cm³/mol. The predicted octanol–water partition coefficient (Wildman–Crippen LogP) is 2.10. The van der Waals surface area contributed by atoms with Crippen molar-refractivity contribution >= 4 is 19.1 Å². The first-order chi connectivity index (χ1) is 11.2. The molecule has 0 unspecified atom stereocenters. The van der Waals surface area contributed by atoms with Gasteiger partial charge in [-0.25, -0.2) is 0 Å². The number of pyridine rings is 1. The van der Waals surface area contributed by atoms with Gasteiger partial charge in [-0.2, -0.15) is 5.26 Å². The molecule has 0 spiro atoms. The van der Waals surface area contributed by atoms with Gasteiger partial charge in [0.25, 0.3) is 0 Å². The molecule has 2 heterocycles. The lowest BCUT2D eigenvalue weighted by atomic mass is 9.77. The van der Waals surface area contributed by atoms with Gasteiger partial charge in [0.15, 0.2) is 0 Å². The maximum absolute atomic E-state index is 11.3. The zero-order valence-electron chi connectivity index (χ0n) is 14.7. The van der Waals surface area contributed by atoms with Crippen LogP contribution in [0.25, 0.3) is 6.08 Å². The molecule has 0 bridgehead atoms. The van der Waals surface area contributed by atoms with Crippen LogP contribution in [0.15, 0.2) is 23.8 Å². The first-order valence-corrected chi connectivity index (χ1v) is 7.82. The second kappa shape index (κ2) is 6.75. The normalized spacial score (nSPS) is 19.0. The number of amides is 1. The minimum atomic E-state index is -0.615. The fourth-order valence-electron chi connectivity index (χ4n) is 2.23. The highest BCUT2D eigenvalue weighted by atomic mass is 16.7. The quantitative estimate of drug-likeness (QED) is 0.856. The van der Waals surface area contributed by atoms with Crippen molar-refractivity contribution in [2.75, 3.05) is 6.54 Å². The molecular formula is C17H22BN3O3. The van der Waals surface area contributed by atoms with Crippen LogP contribution >= 0.6 is 0 Å². The summed E-state index contributed by atoms with van der Waals surface area (Å²) in [4.78, 5) is 15.5. The Bertz CT molecular complexity index is 691. The second-order valence-electron chi connectivity index (χ2n) is 6.77. The van der Waals surface area contributed by atoms with E-state index < -0.39 is 18.3 Å². The van der Waals surface area contributed by atoms with Gasteiger partial charge in [0.05, 0.1) is 22.5 Å². The molecule has 1 saturated heterocycles. The summed E-state index contributed by atoms with van der Waals surface area (Å²) in [6.45, 7) is 9.56. The molecule has 126 valence electrons. The van der Waals surface area contributed by atoms with Crippen molar-refractivity contribution in [2.24, 2.45) is 0 Å². The third kappa shape index (κ3) is 3.83. The molecule has 24 heavy (non-hydrogen) atoms. The van der Waals surface area contributed by atoms with E-state index in [1.54, 1.807) is 24.4 Å². The van der Waals surface area contributed by atoms with E-state index >= 15 is 0 Å². The van der Waals surface area contributed by atoms with Crippen LogP contribution < -0.4 is 5.32 Å². The molecule has 1 N–H and O–H groups in total. The molecule has 1 aliphatic heterocycles. The van der Waals surface area contributed by atoms with Gasteiger partial charge in [0.1, 0.15) is 6.07 Å². The van der Waals surface area contributed by atoms with E-state index in [1.165, 1.54) is 6.92 Å². The lowest BCUT2D eigenvalue weighted by Gasteiger charge is -2.32. The van der Waals surface area contributed by atoms with E-state index in [2.05, 4.69) is 16.4 Å². The van der Waals surface area contributed by atoms with E-state index in [1.807, 2.05) is 27.7 Å².